The van der Waals surface area contributed by atoms with E-state index in [9.17, 15) is 13.2 Å². The maximum Gasteiger partial charge on any atom is 0.333 e. The Labute approximate surface area is 135 Å². The SMILES string of the molecule is C1CC2CCC1C2.CCC(C)(C)C(=O)OC.COS(N)(=O)=O. The first-order valence-electron chi connectivity index (χ1n) is 7.72. The third kappa shape index (κ3) is 8.70. The maximum atomic E-state index is 10.8. The molecule has 2 rings (SSSR count). The van der Waals surface area contributed by atoms with E-state index < -0.39 is 10.3 Å². The highest BCUT2D eigenvalue weighted by Gasteiger charge is 2.30. The summed E-state index contributed by atoms with van der Waals surface area (Å²) in [6, 6.07) is 0. The molecule has 2 fully saturated rings. The van der Waals surface area contributed by atoms with Crippen LogP contribution in [0, 0.1) is 17.3 Å². The zero-order valence-electron chi connectivity index (χ0n) is 14.4. The van der Waals surface area contributed by atoms with Crippen molar-refractivity contribution in [2.45, 2.75) is 59.3 Å². The Morgan fingerprint density at radius 2 is 1.50 bits per heavy atom. The smallest absolute Gasteiger partial charge is 0.333 e. The number of rotatable bonds is 3. The van der Waals surface area contributed by atoms with Gasteiger partial charge in [0.05, 0.1) is 19.6 Å². The van der Waals surface area contributed by atoms with Gasteiger partial charge in [0.25, 0.3) is 0 Å². The van der Waals surface area contributed by atoms with Gasteiger partial charge >= 0.3 is 16.3 Å². The number of hydrogen-bond acceptors (Lipinski definition) is 5. The van der Waals surface area contributed by atoms with Crippen LogP contribution < -0.4 is 5.14 Å². The molecule has 0 atom stereocenters. The highest BCUT2D eigenvalue weighted by molar-refractivity contribution is 7.84. The van der Waals surface area contributed by atoms with Crippen LogP contribution in [0.4, 0.5) is 0 Å². The van der Waals surface area contributed by atoms with Gasteiger partial charge in [-0.2, -0.15) is 8.42 Å². The normalized spacial score (nSPS) is 23.0. The van der Waals surface area contributed by atoms with Gasteiger partial charge < -0.3 is 4.74 Å². The summed E-state index contributed by atoms with van der Waals surface area (Å²) in [5.74, 6) is 2.21. The van der Waals surface area contributed by atoms with Gasteiger partial charge in [-0.15, -0.1) is 0 Å². The van der Waals surface area contributed by atoms with Crippen LogP contribution in [0.3, 0.4) is 0 Å². The molecule has 2 saturated carbocycles. The minimum absolute atomic E-state index is 0.134. The molecule has 0 aliphatic heterocycles. The molecular formula is C15H31NO5S. The summed E-state index contributed by atoms with van der Waals surface area (Å²) in [6.07, 6.45) is 8.64. The molecule has 2 bridgehead atoms. The van der Waals surface area contributed by atoms with Crippen molar-refractivity contribution in [3.63, 3.8) is 0 Å². The van der Waals surface area contributed by atoms with Crippen molar-refractivity contribution in [1.29, 1.82) is 0 Å². The van der Waals surface area contributed by atoms with Crippen LogP contribution >= 0.6 is 0 Å². The van der Waals surface area contributed by atoms with Crippen LogP contribution in [0.1, 0.15) is 59.3 Å². The average molecular weight is 337 g/mol. The Bertz CT molecular complexity index is 415. The number of nitrogens with two attached hydrogens (primary N) is 1. The number of fused-ring (bicyclic) bond motifs is 2. The quantitative estimate of drug-likeness (QED) is 0.799. The van der Waals surface area contributed by atoms with Crippen molar-refractivity contribution in [1.82, 2.24) is 0 Å². The third-order valence-electron chi connectivity index (χ3n) is 4.49. The Morgan fingerprint density at radius 1 is 1.14 bits per heavy atom. The predicted molar refractivity (Wildman–Crippen MR) is 86.3 cm³/mol. The van der Waals surface area contributed by atoms with Gasteiger partial charge in [0.2, 0.25) is 0 Å². The molecule has 22 heavy (non-hydrogen) atoms. The molecule has 0 saturated heterocycles. The Balaban J connectivity index is 0.000000307. The van der Waals surface area contributed by atoms with Crippen molar-refractivity contribution >= 4 is 16.3 Å². The minimum Gasteiger partial charge on any atom is -0.469 e. The van der Waals surface area contributed by atoms with Crippen LogP contribution in [0.2, 0.25) is 0 Å². The molecular weight excluding hydrogens is 306 g/mol. The number of methoxy groups -OCH3 is 1. The van der Waals surface area contributed by atoms with Crippen LogP contribution in [0.25, 0.3) is 0 Å². The maximum absolute atomic E-state index is 10.8. The van der Waals surface area contributed by atoms with Gasteiger partial charge in [0.1, 0.15) is 0 Å². The summed E-state index contributed by atoms with van der Waals surface area (Å²) < 4.78 is 27.4. The molecule has 132 valence electrons. The lowest BCUT2D eigenvalue weighted by molar-refractivity contribution is -0.150. The van der Waals surface area contributed by atoms with E-state index >= 15 is 0 Å². The fraction of sp³-hybridized carbons (Fsp3) is 0.933. The average Bonchev–Trinajstić information content (AvgIpc) is 3.12. The molecule has 2 aliphatic rings. The number of hydrogen-bond donors (Lipinski definition) is 1. The van der Waals surface area contributed by atoms with E-state index in [2.05, 4.69) is 14.1 Å². The Kier molecular flexibility index (Phi) is 9.19. The third-order valence-corrected chi connectivity index (χ3v) is 4.95. The molecule has 0 aromatic carbocycles. The van der Waals surface area contributed by atoms with Gasteiger partial charge in [-0.05, 0) is 38.5 Å². The molecule has 6 nitrogen and oxygen atoms in total. The van der Waals surface area contributed by atoms with E-state index in [1.807, 2.05) is 20.8 Å². The van der Waals surface area contributed by atoms with E-state index in [0.717, 1.165) is 13.5 Å². The summed E-state index contributed by atoms with van der Waals surface area (Å²) in [5, 5.41) is 4.28. The molecule has 2 N–H and O–H groups in total. The highest BCUT2D eigenvalue weighted by atomic mass is 32.2. The largest absolute Gasteiger partial charge is 0.469 e. The molecule has 0 heterocycles. The van der Waals surface area contributed by atoms with Gasteiger partial charge in [-0.1, -0.05) is 32.6 Å². The lowest BCUT2D eigenvalue weighted by Crippen LogP contribution is -2.24. The first kappa shape index (κ1) is 21.3. The molecule has 0 radical (unpaired) electrons. The number of carbonyl (C=O) groups is 1. The van der Waals surface area contributed by atoms with Crippen LogP contribution in [-0.2, 0) is 24.0 Å². The summed E-state index contributed by atoms with van der Waals surface area (Å²) in [7, 11) is -1.25. The lowest BCUT2D eigenvalue weighted by Gasteiger charge is -2.17. The Morgan fingerprint density at radius 3 is 1.59 bits per heavy atom. The van der Waals surface area contributed by atoms with Gasteiger partial charge in [0.15, 0.2) is 0 Å². The second kappa shape index (κ2) is 9.47. The molecule has 7 heteroatoms. The van der Waals surface area contributed by atoms with E-state index in [1.165, 1.54) is 18.9 Å². The fourth-order valence-corrected chi connectivity index (χ4v) is 2.59. The first-order chi connectivity index (χ1) is 10.1. The molecule has 0 aromatic heterocycles. The highest BCUT2D eigenvalue weighted by Crippen LogP contribution is 2.43. The van der Waals surface area contributed by atoms with E-state index in [1.54, 1.807) is 32.1 Å². The zero-order valence-corrected chi connectivity index (χ0v) is 15.2. The number of carbonyl (C=O) groups excluding carboxylic acids is 1. The van der Waals surface area contributed by atoms with Gasteiger partial charge in [0, 0.05) is 0 Å². The minimum atomic E-state index is -3.66. The first-order valence-corrected chi connectivity index (χ1v) is 9.19. The van der Waals surface area contributed by atoms with Crippen molar-refractivity contribution < 1.29 is 22.1 Å². The van der Waals surface area contributed by atoms with Crippen LogP contribution in [0.5, 0.6) is 0 Å². The molecule has 2 aliphatic carbocycles. The molecule has 0 aromatic rings. The zero-order chi connectivity index (χ0) is 17.4. The molecule has 0 spiro atoms. The fourth-order valence-electron chi connectivity index (χ4n) is 2.59. The van der Waals surface area contributed by atoms with Gasteiger partial charge in [-0.25, -0.2) is 5.14 Å². The van der Waals surface area contributed by atoms with Crippen LogP contribution in [-0.4, -0.2) is 28.6 Å². The lowest BCUT2D eigenvalue weighted by atomic mass is 9.91. The summed E-state index contributed by atoms with van der Waals surface area (Å²) in [4.78, 5) is 10.8. The summed E-state index contributed by atoms with van der Waals surface area (Å²) in [5.41, 5.74) is -0.311. The van der Waals surface area contributed by atoms with E-state index in [0.29, 0.717) is 0 Å². The second-order valence-corrected chi connectivity index (χ2v) is 7.83. The van der Waals surface area contributed by atoms with Crippen molar-refractivity contribution in [3.05, 3.63) is 0 Å². The molecule has 0 unspecified atom stereocenters. The second-order valence-electron chi connectivity index (χ2n) is 6.51. The summed E-state index contributed by atoms with van der Waals surface area (Å²) >= 11 is 0. The van der Waals surface area contributed by atoms with Crippen molar-refractivity contribution in [3.8, 4) is 0 Å². The van der Waals surface area contributed by atoms with E-state index in [-0.39, 0.29) is 11.4 Å². The van der Waals surface area contributed by atoms with Gasteiger partial charge in [-0.3, -0.25) is 8.98 Å². The standard InChI is InChI=1S/C7H14O2.C7H12.CH5NO3S/c1-5-7(2,3)6(8)9-4;1-2-7-4-3-6(1)5-7;1-5-6(2,3)4/h5H2,1-4H3;6-7H,1-5H2;1H3,(H2,2,3,4). The predicted octanol–water partition coefficient (Wildman–Crippen LogP) is 2.63. The van der Waals surface area contributed by atoms with Crippen LogP contribution in [0.15, 0.2) is 0 Å². The van der Waals surface area contributed by atoms with E-state index in [4.69, 9.17) is 0 Å². The molecule has 0 amide bonds. The topological polar surface area (TPSA) is 95.7 Å². The van der Waals surface area contributed by atoms with Crippen molar-refractivity contribution in [2.75, 3.05) is 14.2 Å². The Hall–Kier alpha value is -0.660. The van der Waals surface area contributed by atoms with Crippen molar-refractivity contribution in [2.24, 2.45) is 22.4 Å². The number of esters is 1. The number of ether oxygens (including phenoxy) is 1. The summed E-state index contributed by atoms with van der Waals surface area (Å²) in [6.45, 7) is 5.72. The monoisotopic (exact) mass is 337 g/mol.